The Kier molecular flexibility index (Phi) is 2.37. The van der Waals surface area contributed by atoms with E-state index in [2.05, 4.69) is 6.07 Å². The number of para-hydroxylation sites is 1. The molecular formula is C12H13NO2. The Balaban J connectivity index is 2.41. The molecule has 0 saturated heterocycles. The monoisotopic (exact) mass is 203 g/mol. The van der Waals surface area contributed by atoms with Crippen LogP contribution in [0.2, 0.25) is 0 Å². The first-order chi connectivity index (χ1) is 7.22. The van der Waals surface area contributed by atoms with Crippen molar-refractivity contribution in [2.24, 2.45) is 0 Å². The minimum Gasteiger partial charge on any atom is -0.496 e. The van der Waals surface area contributed by atoms with E-state index in [-0.39, 0.29) is 6.10 Å². The maximum atomic E-state index is 9.35. The molecule has 0 heterocycles. The molecule has 0 aliphatic heterocycles. The Labute approximate surface area is 88.9 Å². The fraction of sp³-hybridized carbons (Fsp3) is 0.417. The van der Waals surface area contributed by atoms with E-state index < -0.39 is 5.41 Å². The molecule has 1 aromatic carbocycles. The number of nitriles is 1. The molecule has 0 aromatic heterocycles. The molecule has 0 unspecified atom stereocenters. The van der Waals surface area contributed by atoms with E-state index in [4.69, 9.17) is 4.74 Å². The van der Waals surface area contributed by atoms with Crippen LogP contribution < -0.4 is 4.74 Å². The third-order valence-electron chi connectivity index (χ3n) is 3.00. The molecule has 1 aliphatic carbocycles. The number of hydrogen-bond acceptors (Lipinski definition) is 3. The standard InChI is InChI=1S/C12H13NO2/c1-15-11-5-3-2-4-10(11)12(8-13)6-9(14)7-12/h2-5,9,14H,6-7H2,1H3. The van der Waals surface area contributed by atoms with Gasteiger partial charge >= 0.3 is 0 Å². The van der Waals surface area contributed by atoms with Crippen LogP contribution in [-0.2, 0) is 5.41 Å². The molecule has 2 rings (SSSR count). The van der Waals surface area contributed by atoms with Crippen LogP contribution in [0.15, 0.2) is 24.3 Å². The lowest BCUT2D eigenvalue weighted by Crippen LogP contribution is -2.43. The highest BCUT2D eigenvalue weighted by atomic mass is 16.5. The van der Waals surface area contributed by atoms with E-state index in [0.29, 0.717) is 12.8 Å². The molecule has 1 aromatic rings. The first kappa shape index (κ1) is 10.0. The van der Waals surface area contributed by atoms with Crippen molar-refractivity contribution >= 4 is 0 Å². The van der Waals surface area contributed by atoms with Crippen LogP contribution in [0.4, 0.5) is 0 Å². The second-order valence-corrected chi connectivity index (χ2v) is 3.96. The molecule has 15 heavy (non-hydrogen) atoms. The van der Waals surface area contributed by atoms with E-state index in [0.717, 1.165) is 11.3 Å². The van der Waals surface area contributed by atoms with Crippen LogP contribution in [0.3, 0.4) is 0 Å². The molecule has 0 atom stereocenters. The van der Waals surface area contributed by atoms with Gasteiger partial charge in [0.05, 0.1) is 24.7 Å². The highest BCUT2D eigenvalue weighted by Gasteiger charge is 2.46. The van der Waals surface area contributed by atoms with Crippen LogP contribution in [-0.4, -0.2) is 18.3 Å². The number of nitrogens with zero attached hydrogens (tertiary/aromatic N) is 1. The summed E-state index contributed by atoms with van der Waals surface area (Å²) in [5.41, 5.74) is 0.340. The molecular weight excluding hydrogens is 190 g/mol. The molecule has 3 heteroatoms. The third-order valence-corrected chi connectivity index (χ3v) is 3.00. The number of methoxy groups -OCH3 is 1. The summed E-state index contributed by atoms with van der Waals surface area (Å²) in [6, 6.07) is 9.81. The number of hydrogen-bond donors (Lipinski definition) is 1. The van der Waals surface area contributed by atoms with Crippen molar-refractivity contribution in [1.82, 2.24) is 0 Å². The molecule has 0 spiro atoms. The smallest absolute Gasteiger partial charge is 0.123 e. The topological polar surface area (TPSA) is 53.2 Å². The molecule has 0 amide bonds. The molecule has 0 radical (unpaired) electrons. The fourth-order valence-electron chi connectivity index (χ4n) is 2.16. The van der Waals surface area contributed by atoms with Crippen molar-refractivity contribution in [3.63, 3.8) is 0 Å². The molecule has 1 fully saturated rings. The zero-order valence-corrected chi connectivity index (χ0v) is 8.60. The Bertz CT molecular complexity index is 402. The van der Waals surface area contributed by atoms with Gasteiger partial charge in [0.25, 0.3) is 0 Å². The molecule has 1 saturated carbocycles. The van der Waals surface area contributed by atoms with Crippen LogP contribution in [0.1, 0.15) is 18.4 Å². The highest BCUT2D eigenvalue weighted by molar-refractivity contribution is 5.46. The van der Waals surface area contributed by atoms with Crippen molar-refractivity contribution in [3.8, 4) is 11.8 Å². The Morgan fingerprint density at radius 1 is 1.47 bits per heavy atom. The van der Waals surface area contributed by atoms with E-state index >= 15 is 0 Å². The van der Waals surface area contributed by atoms with Crippen molar-refractivity contribution in [2.75, 3.05) is 7.11 Å². The summed E-state index contributed by atoms with van der Waals surface area (Å²) >= 11 is 0. The molecule has 3 nitrogen and oxygen atoms in total. The van der Waals surface area contributed by atoms with Gasteiger partial charge in [0.2, 0.25) is 0 Å². The number of rotatable bonds is 2. The van der Waals surface area contributed by atoms with Gasteiger partial charge in [-0.25, -0.2) is 0 Å². The summed E-state index contributed by atoms with van der Waals surface area (Å²) < 4.78 is 5.23. The number of aliphatic hydroxyl groups is 1. The number of ether oxygens (including phenoxy) is 1. The van der Waals surface area contributed by atoms with Gasteiger partial charge in [0.15, 0.2) is 0 Å². The zero-order valence-electron chi connectivity index (χ0n) is 8.60. The summed E-state index contributed by atoms with van der Waals surface area (Å²) in [4.78, 5) is 0. The van der Waals surface area contributed by atoms with Gasteiger partial charge in [-0.1, -0.05) is 18.2 Å². The van der Waals surface area contributed by atoms with Gasteiger partial charge in [-0.05, 0) is 18.9 Å². The van der Waals surface area contributed by atoms with Crippen molar-refractivity contribution in [2.45, 2.75) is 24.4 Å². The molecule has 1 N–H and O–H groups in total. The van der Waals surface area contributed by atoms with Gasteiger partial charge in [-0.15, -0.1) is 0 Å². The number of aliphatic hydroxyl groups excluding tert-OH is 1. The molecule has 78 valence electrons. The first-order valence-electron chi connectivity index (χ1n) is 4.95. The maximum absolute atomic E-state index is 9.35. The van der Waals surface area contributed by atoms with Crippen LogP contribution in [0.5, 0.6) is 5.75 Å². The lowest BCUT2D eigenvalue weighted by molar-refractivity contribution is 0.0437. The predicted molar refractivity (Wildman–Crippen MR) is 55.5 cm³/mol. The molecule has 0 bridgehead atoms. The minimum absolute atomic E-state index is 0.352. The van der Waals surface area contributed by atoms with Crippen LogP contribution in [0, 0.1) is 11.3 Å². The van der Waals surface area contributed by atoms with Gasteiger partial charge in [-0.3, -0.25) is 0 Å². The van der Waals surface area contributed by atoms with Crippen LogP contribution >= 0.6 is 0 Å². The highest BCUT2D eigenvalue weighted by Crippen LogP contribution is 2.46. The van der Waals surface area contributed by atoms with Crippen LogP contribution in [0.25, 0.3) is 0 Å². The third kappa shape index (κ3) is 1.47. The zero-order chi connectivity index (χ0) is 10.9. The van der Waals surface area contributed by atoms with Gasteiger partial charge in [0, 0.05) is 5.56 Å². The SMILES string of the molecule is COc1ccccc1C1(C#N)CC(O)C1. The normalized spacial score (nSPS) is 29.0. The summed E-state index contributed by atoms with van der Waals surface area (Å²) in [7, 11) is 1.60. The van der Waals surface area contributed by atoms with E-state index in [1.54, 1.807) is 7.11 Å². The first-order valence-corrected chi connectivity index (χ1v) is 4.95. The average Bonchev–Trinajstić information content (AvgIpc) is 2.24. The van der Waals surface area contributed by atoms with Crippen molar-refractivity contribution in [3.05, 3.63) is 29.8 Å². The van der Waals surface area contributed by atoms with Crippen molar-refractivity contribution < 1.29 is 9.84 Å². The van der Waals surface area contributed by atoms with Gasteiger partial charge in [0.1, 0.15) is 5.75 Å². The summed E-state index contributed by atoms with van der Waals surface area (Å²) in [5.74, 6) is 0.728. The predicted octanol–water partition coefficient (Wildman–Crippen LogP) is 1.61. The summed E-state index contributed by atoms with van der Waals surface area (Å²) in [6.07, 6.45) is 0.655. The Hall–Kier alpha value is -1.53. The Morgan fingerprint density at radius 2 is 2.13 bits per heavy atom. The Morgan fingerprint density at radius 3 is 2.67 bits per heavy atom. The lowest BCUT2D eigenvalue weighted by atomic mass is 9.63. The second-order valence-electron chi connectivity index (χ2n) is 3.96. The van der Waals surface area contributed by atoms with E-state index in [1.165, 1.54) is 0 Å². The molecule has 1 aliphatic rings. The van der Waals surface area contributed by atoms with Gasteiger partial charge in [-0.2, -0.15) is 5.26 Å². The fourth-order valence-corrected chi connectivity index (χ4v) is 2.16. The lowest BCUT2D eigenvalue weighted by Gasteiger charge is -2.40. The summed E-state index contributed by atoms with van der Waals surface area (Å²) in [5, 5.41) is 18.6. The maximum Gasteiger partial charge on any atom is 0.123 e. The van der Waals surface area contributed by atoms with E-state index in [9.17, 15) is 10.4 Å². The van der Waals surface area contributed by atoms with E-state index in [1.807, 2.05) is 24.3 Å². The van der Waals surface area contributed by atoms with Gasteiger partial charge < -0.3 is 9.84 Å². The van der Waals surface area contributed by atoms with Crippen molar-refractivity contribution in [1.29, 1.82) is 5.26 Å². The second kappa shape index (κ2) is 3.56. The average molecular weight is 203 g/mol. The largest absolute Gasteiger partial charge is 0.496 e. The summed E-state index contributed by atoms with van der Waals surface area (Å²) in [6.45, 7) is 0. The quantitative estimate of drug-likeness (QED) is 0.794. The minimum atomic E-state index is -0.550. The number of benzene rings is 1.